The summed E-state index contributed by atoms with van der Waals surface area (Å²) >= 11 is -1.11. The molecule has 2 aromatic carbocycles. The van der Waals surface area contributed by atoms with Crippen molar-refractivity contribution in [3.8, 4) is 5.75 Å². The zero-order valence-electron chi connectivity index (χ0n) is 19.7. The van der Waals surface area contributed by atoms with Crippen molar-refractivity contribution in [2.45, 2.75) is 64.0 Å². The summed E-state index contributed by atoms with van der Waals surface area (Å²) in [4.78, 5) is 0. The molecule has 0 bridgehead atoms. The normalized spacial score (nSPS) is 20.8. The van der Waals surface area contributed by atoms with E-state index < -0.39 is 11.4 Å². The van der Waals surface area contributed by atoms with Crippen molar-refractivity contribution in [2.24, 2.45) is 5.41 Å². The zero-order chi connectivity index (χ0) is 22.8. The van der Waals surface area contributed by atoms with Crippen LogP contribution in [0.5, 0.6) is 5.75 Å². The van der Waals surface area contributed by atoms with Gasteiger partial charge in [0.25, 0.3) is 0 Å². The predicted molar refractivity (Wildman–Crippen MR) is 130 cm³/mol. The van der Waals surface area contributed by atoms with Gasteiger partial charge in [-0.3, -0.25) is 0 Å². The van der Waals surface area contributed by atoms with Gasteiger partial charge in [-0.25, -0.2) is 0 Å². The van der Waals surface area contributed by atoms with E-state index in [0.717, 1.165) is 49.2 Å². The fourth-order valence-electron chi connectivity index (χ4n) is 4.85. The SMILES string of the molecule is COc1ccc(COCc2ccc3c(c2)[C@@H](N[S+]([O-])C(C)(C)C)C2(CCNCC2)C3)cc1. The van der Waals surface area contributed by atoms with E-state index in [2.05, 4.69) is 28.2 Å². The number of fused-ring (bicyclic) bond motifs is 1. The number of piperidine rings is 1. The summed E-state index contributed by atoms with van der Waals surface area (Å²) in [6, 6.07) is 14.8. The molecule has 5 nitrogen and oxygen atoms in total. The van der Waals surface area contributed by atoms with Gasteiger partial charge in [0.05, 0.1) is 26.4 Å². The number of methoxy groups -OCH3 is 1. The van der Waals surface area contributed by atoms with E-state index in [1.807, 2.05) is 45.0 Å². The van der Waals surface area contributed by atoms with Crippen LogP contribution in [-0.2, 0) is 35.7 Å². The van der Waals surface area contributed by atoms with Gasteiger partial charge in [-0.05, 0) is 87.5 Å². The second-order valence-corrected chi connectivity index (χ2v) is 12.1. The molecule has 1 heterocycles. The van der Waals surface area contributed by atoms with Crippen LogP contribution in [0.15, 0.2) is 42.5 Å². The lowest BCUT2D eigenvalue weighted by molar-refractivity contribution is 0.107. The van der Waals surface area contributed by atoms with Crippen molar-refractivity contribution >= 4 is 11.4 Å². The van der Waals surface area contributed by atoms with Gasteiger partial charge in [0.2, 0.25) is 0 Å². The Morgan fingerprint density at radius 2 is 1.72 bits per heavy atom. The number of rotatable bonds is 7. The van der Waals surface area contributed by atoms with E-state index in [4.69, 9.17) is 9.47 Å². The van der Waals surface area contributed by atoms with Crippen LogP contribution >= 0.6 is 0 Å². The molecular weight excluding hydrogens is 420 g/mol. The highest BCUT2D eigenvalue weighted by molar-refractivity contribution is 7.90. The highest BCUT2D eigenvalue weighted by atomic mass is 32.2. The van der Waals surface area contributed by atoms with Crippen molar-refractivity contribution in [1.29, 1.82) is 0 Å². The fourth-order valence-corrected chi connectivity index (χ4v) is 5.79. The van der Waals surface area contributed by atoms with Crippen molar-refractivity contribution < 1.29 is 14.0 Å². The summed E-state index contributed by atoms with van der Waals surface area (Å²) in [6.07, 6.45) is 3.25. The second kappa shape index (κ2) is 9.74. The van der Waals surface area contributed by atoms with Gasteiger partial charge in [-0.2, -0.15) is 0 Å². The van der Waals surface area contributed by atoms with Crippen LogP contribution in [0.3, 0.4) is 0 Å². The minimum atomic E-state index is -1.11. The summed E-state index contributed by atoms with van der Waals surface area (Å²) in [7, 11) is 1.67. The van der Waals surface area contributed by atoms with Crippen LogP contribution in [-0.4, -0.2) is 29.5 Å². The number of hydrogen-bond acceptors (Lipinski definition) is 5. The summed E-state index contributed by atoms with van der Waals surface area (Å²) in [5, 5.41) is 3.50. The standard InChI is InChI=1S/C26H36N2O3S/c1-25(2,3)32(29)28-24-23-15-20(18-31-17-19-6-9-22(30-4)10-7-19)5-8-21(23)16-26(24)11-13-27-14-12-26/h5-10,15,24,27-28H,11-14,16-18H2,1-4H3/t24-,32?/m1/s1. The molecule has 0 saturated carbocycles. The molecule has 0 radical (unpaired) electrons. The van der Waals surface area contributed by atoms with Crippen LogP contribution in [0.2, 0.25) is 0 Å². The van der Waals surface area contributed by atoms with Gasteiger partial charge in [-0.15, -0.1) is 4.72 Å². The first-order valence-electron chi connectivity index (χ1n) is 11.5. The van der Waals surface area contributed by atoms with E-state index in [1.165, 1.54) is 11.1 Å². The van der Waals surface area contributed by atoms with Crippen LogP contribution in [0.25, 0.3) is 0 Å². The zero-order valence-corrected chi connectivity index (χ0v) is 20.5. The maximum Gasteiger partial charge on any atom is 0.136 e. The molecule has 4 rings (SSSR count). The fraction of sp³-hybridized carbons (Fsp3) is 0.538. The van der Waals surface area contributed by atoms with E-state index in [-0.39, 0.29) is 16.2 Å². The Balaban J connectivity index is 1.49. The van der Waals surface area contributed by atoms with Crippen LogP contribution in [0.4, 0.5) is 0 Å². The highest BCUT2D eigenvalue weighted by Crippen LogP contribution is 2.52. The lowest BCUT2D eigenvalue weighted by Crippen LogP contribution is -2.48. The Kier molecular flexibility index (Phi) is 7.18. The Hall–Kier alpha value is -1.57. The number of benzene rings is 2. The summed E-state index contributed by atoms with van der Waals surface area (Å²) in [5.74, 6) is 0.852. The molecule has 1 unspecified atom stereocenters. The molecule has 6 heteroatoms. The monoisotopic (exact) mass is 456 g/mol. The topological polar surface area (TPSA) is 65.6 Å². The molecule has 1 aliphatic heterocycles. The van der Waals surface area contributed by atoms with Gasteiger partial charge < -0.3 is 19.3 Å². The third-order valence-corrected chi connectivity index (χ3v) is 8.32. The quantitative estimate of drug-likeness (QED) is 0.604. The van der Waals surface area contributed by atoms with Crippen LogP contribution in [0, 0.1) is 5.41 Å². The number of nitrogens with one attached hydrogen (secondary N) is 2. The third kappa shape index (κ3) is 5.15. The second-order valence-electron chi connectivity index (χ2n) is 10.1. The molecule has 1 spiro atoms. The summed E-state index contributed by atoms with van der Waals surface area (Å²) in [6.45, 7) is 9.26. The van der Waals surface area contributed by atoms with E-state index >= 15 is 0 Å². The minimum absolute atomic E-state index is 0.112. The molecule has 2 aromatic rings. The van der Waals surface area contributed by atoms with Crippen molar-refractivity contribution in [3.05, 3.63) is 64.7 Å². The molecule has 1 aliphatic carbocycles. The third-order valence-electron chi connectivity index (χ3n) is 6.75. The van der Waals surface area contributed by atoms with E-state index in [9.17, 15) is 4.55 Å². The van der Waals surface area contributed by atoms with Gasteiger partial charge in [0, 0.05) is 16.8 Å². The smallest absolute Gasteiger partial charge is 0.136 e. The Bertz CT molecular complexity index is 904. The highest BCUT2D eigenvalue weighted by Gasteiger charge is 2.49. The lowest BCUT2D eigenvalue weighted by Gasteiger charge is -2.40. The van der Waals surface area contributed by atoms with Crippen molar-refractivity contribution in [2.75, 3.05) is 20.2 Å². The Morgan fingerprint density at radius 3 is 2.38 bits per heavy atom. The lowest BCUT2D eigenvalue weighted by atomic mass is 9.73. The molecule has 2 aliphatic rings. The number of hydrogen-bond donors (Lipinski definition) is 2. The molecule has 174 valence electrons. The molecule has 32 heavy (non-hydrogen) atoms. The Morgan fingerprint density at radius 1 is 1.06 bits per heavy atom. The van der Waals surface area contributed by atoms with Crippen molar-refractivity contribution in [1.82, 2.24) is 10.0 Å². The molecule has 2 atom stereocenters. The molecule has 2 N–H and O–H groups in total. The Labute approximate surface area is 195 Å². The van der Waals surface area contributed by atoms with E-state index in [0.29, 0.717) is 13.2 Å². The average molecular weight is 457 g/mol. The van der Waals surface area contributed by atoms with Gasteiger partial charge >= 0.3 is 0 Å². The first-order valence-corrected chi connectivity index (χ1v) is 12.7. The van der Waals surface area contributed by atoms with Crippen molar-refractivity contribution in [3.63, 3.8) is 0 Å². The molecule has 0 aromatic heterocycles. The average Bonchev–Trinajstić information content (AvgIpc) is 3.06. The maximum atomic E-state index is 13.1. The summed E-state index contributed by atoms with van der Waals surface area (Å²) in [5.41, 5.74) is 5.11. The largest absolute Gasteiger partial charge is 0.598 e. The van der Waals surface area contributed by atoms with E-state index in [1.54, 1.807) is 7.11 Å². The minimum Gasteiger partial charge on any atom is -0.598 e. The van der Waals surface area contributed by atoms with Gasteiger partial charge in [-0.1, -0.05) is 30.3 Å². The predicted octanol–water partition coefficient (Wildman–Crippen LogP) is 4.43. The molecule has 1 fully saturated rings. The number of ether oxygens (including phenoxy) is 2. The first kappa shape index (κ1) is 23.6. The van der Waals surface area contributed by atoms with Crippen LogP contribution in [0.1, 0.15) is 61.9 Å². The van der Waals surface area contributed by atoms with Gasteiger partial charge in [0.1, 0.15) is 10.5 Å². The van der Waals surface area contributed by atoms with Crippen LogP contribution < -0.4 is 14.8 Å². The summed E-state index contributed by atoms with van der Waals surface area (Å²) < 4.78 is 27.6. The van der Waals surface area contributed by atoms with Gasteiger partial charge in [0.15, 0.2) is 0 Å². The maximum absolute atomic E-state index is 13.1. The molecular formula is C26H36N2O3S. The molecule has 0 amide bonds. The molecule has 1 saturated heterocycles. The first-order chi connectivity index (χ1) is 15.3.